The van der Waals surface area contributed by atoms with E-state index in [1.165, 1.54) is 0 Å². The van der Waals surface area contributed by atoms with E-state index in [2.05, 4.69) is 4.90 Å². The summed E-state index contributed by atoms with van der Waals surface area (Å²) < 4.78 is 5.41. The van der Waals surface area contributed by atoms with E-state index in [1.807, 2.05) is 42.5 Å². The molecule has 0 N–H and O–H groups in total. The fourth-order valence-electron chi connectivity index (χ4n) is 3.40. The normalized spacial score (nSPS) is 15.3. The maximum absolute atomic E-state index is 6.45. The molecule has 1 aromatic heterocycles. The fourth-order valence-corrected chi connectivity index (χ4v) is 3.80. The molecule has 0 spiro atoms. The Labute approximate surface area is 169 Å². The number of rotatable bonds is 5. The van der Waals surface area contributed by atoms with Gasteiger partial charge in [-0.15, -0.1) is 0 Å². The topological polar surface area (TPSA) is 38.2 Å². The van der Waals surface area contributed by atoms with Crippen molar-refractivity contribution >= 4 is 34.1 Å². The molecule has 1 saturated heterocycles. The van der Waals surface area contributed by atoms with Crippen LogP contribution in [0.15, 0.2) is 42.5 Å². The zero-order valence-electron chi connectivity index (χ0n) is 15.0. The zero-order valence-corrected chi connectivity index (χ0v) is 16.5. The van der Waals surface area contributed by atoms with Gasteiger partial charge >= 0.3 is 0 Å². The molecule has 2 heterocycles. The number of benzene rings is 2. The van der Waals surface area contributed by atoms with E-state index in [9.17, 15) is 0 Å². The highest BCUT2D eigenvalue weighted by Gasteiger charge is 2.14. The molecule has 6 heteroatoms. The first-order chi connectivity index (χ1) is 13.2. The number of morpholine rings is 1. The third-order valence-corrected chi connectivity index (χ3v) is 5.38. The van der Waals surface area contributed by atoms with Gasteiger partial charge < -0.3 is 4.74 Å². The minimum absolute atomic E-state index is 0.666. The van der Waals surface area contributed by atoms with Gasteiger partial charge in [-0.25, -0.2) is 9.97 Å². The highest BCUT2D eigenvalue weighted by Crippen LogP contribution is 2.32. The van der Waals surface area contributed by atoms with Crippen LogP contribution in [0.1, 0.15) is 12.2 Å². The van der Waals surface area contributed by atoms with Crippen molar-refractivity contribution in [2.75, 3.05) is 32.8 Å². The van der Waals surface area contributed by atoms with Gasteiger partial charge in [0.25, 0.3) is 0 Å². The summed E-state index contributed by atoms with van der Waals surface area (Å²) in [6, 6.07) is 13.5. The van der Waals surface area contributed by atoms with Gasteiger partial charge in [0.05, 0.1) is 24.4 Å². The Bertz CT molecular complexity index is 942. The van der Waals surface area contributed by atoms with Crippen LogP contribution in [0.4, 0.5) is 0 Å². The molecule has 0 bridgehead atoms. The SMILES string of the molecule is Clc1ccc2nc(CCCN3CCOCC3)nc(-c3ccccc3Cl)c2c1. The van der Waals surface area contributed by atoms with Crippen LogP contribution in [-0.2, 0) is 11.2 Å². The minimum Gasteiger partial charge on any atom is -0.379 e. The van der Waals surface area contributed by atoms with Crippen LogP contribution in [0, 0.1) is 0 Å². The van der Waals surface area contributed by atoms with E-state index in [4.69, 9.17) is 37.9 Å². The predicted octanol–water partition coefficient (Wildman–Crippen LogP) is 4.87. The number of ether oxygens (including phenoxy) is 1. The molecule has 2 aromatic carbocycles. The van der Waals surface area contributed by atoms with Crippen molar-refractivity contribution < 1.29 is 4.74 Å². The molecule has 1 fully saturated rings. The lowest BCUT2D eigenvalue weighted by molar-refractivity contribution is 0.0374. The van der Waals surface area contributed by atoms with Gasteiger partial charge in [0.2, 0.25) is 0 Å². The fraction of sp³-hybridized carbons (Fsp3) is 0.333. The monoisotopic (exact) mass is 401 g/mol. The first-order valence-electron chi connectivity index (χ1n) is 9.22. The Morgan fingerprint density at radius 2 is 1.81 bits per heavy atom. The molecule has 140 valence electrons. The van der Waals surface area contributed by atoms with Gasteiger partial charge in [-0.2, -0.15) is 0 Å². The number of halogens is 2. The molecule has 27 heavy (non-hydrogen) atoms. The maximum atomic E-state index is 6.45. The second-order valence-electron chi connectivity index (χ2n) is 6.69. The quantitative estimate of drug-likeness (QED) is 0.611. The largest absolute Gasteiger partial charge is 0.379 e. The molecular formula is C21H21Cl2N3O. The molecule has 0 unspecified atom stereocenters. The average molecular weight is 402 g/mol. The Hall–Kier alpha value is -1.72. The van der Waals surface area contributed by atoms with Crippen molar-refractivity contribution in [3.05, 3.63) is 58.3 Å². The lowest BCUT2D eigenvalue weighted by Gasteiger charge is -2.26. The Morgan fingerprint density at radius 3 is 2.63 bits per heavy atom. The van der Waals surface area contributed by atoms with E-state index < -0.39 is 0 Å². The standard InChI is InChI=1S/C21H21Cl2N3O/c22-15-7-8-19-17(14-15)21(16-4-1-2-5-18(16)23)25-20(24-19)6-3-9-26-10-12-27-13-11-26/h1-2,4-5,7-8,14H,3,6,9-13H2. The molecule has 0 radical (unpaired) electrons. The number of fused-ring (bicyclic) bond motifs is 1. The summed E-state index contributed by atoms with van der Waals surface area (Å²) in [6.45, 7) is 4.68. The summed E-state index contributed by atoms with van der Waals surface area (Å²) in [5.74, 6) is 0.841. The van der Waals surface area contributed by atoms with Crippen molar-refractivity contribution in [3.63, 3.8) is 0 Å². The highest BCUT2D eigenvalue weighted by atomic mass is 35.5. The summed E-state index contributed by atoms with van der Waals surface area (Å²) in [5, 5.41) is 2.27. The van der Waals surface area contributed by atoms with Gasteiger partial charge in [-0.05, 0) is 37.2 Å². The number of aryl methyl sites for hydroxylation is 1. The first kappa shape index (κ1) is 18.6. The molecule has 0 aliphatic carbocycles. The van der Waals surface area contributed by atoms with Gasteiger partial charge in [0.1, 0.15) is 5.82 Å². The number of hydrogen-bond acceptors (Lipinski definition) is 4. The smallest absolute Gasteiger partial charge is 0.129 e. The lowest BCUT2D eigenvalue weighted by atomic mass is 10.1. The predicted molar refractivity (Wildman–Crippen MR) is 111 cm³/mol. The van der Waals surface area contributed by atoms with E-state index >= 15 is 0 Å². The van der Waals surface area contributed by atoms with Crippen molar-refractivity contribution in [2.45, 2.75) is 12.8 Å². The Kier molecular flexibility index (Phi) is 5.89. The second kappa shape index (κ2) is 8.53. The zero-order chi connectivity index (χ0) is 18.6. The molecule has 0 atom stereocenters. The molecule has 3 aromatic rings. The Morgan fingerprint density at radius 1 is 1.00 bits per heavy atom. The summed E-state index contributed by atoms with van der Waals surface area (Å²) in [6.07, 6.45) is 1.84. The lowest BCUT2D eigenvalue weighted by Crippen LogP contribution is -2.37. The Balaban J connectivity index is 1.64. The van der Waals surface area contributed by atoms with Gasteiger partial charge in [-0.3, -0.25) is 4.90 Å². The number of nitrogens with zero attached hydrogens (tertiary/aromatic N) is 3. The van der Waals surface area contributed by atoms with E-state index in [0.29, 0.717) is 10.0 Å². The van der Waals surface area contributed by atoms with Crippen molar-refractivity contribution in [1.82, 2.24) is 14.9 Å². The van der Waals surface area contributed by atoms with Crippen LogP contribution >= 0.6 is 23.2 Å². The number of aromatic nitrogens is 2. The second-order valence-corrected chi connectivity index (χ2v) is 7.53. The minimum atomic E-state index is 0.666. The van der Waals surface area contributed by atoms with Crippen molar-refractivity contribution in [3.8, 4) is 11.3 Å². The van der Waals surface area contributed by atoms with E-state index in [1.54, 1.807) is 0 Å². The van der Waals surface area contributed by atoms with Crippen LogP contribution < -0.4 is 0 Å². The van der Waals surface area contributed by atoms with Gasteiger partial charge in [0.15, 0.2) is 0 Å². The maximum Gasteiger partial charge on any atom is 0.129 e. The molecule has 1 aliphatic rings. The third kappa shape index (κ3) is 4.41. The molecule has 4 rings (SSSR count). The van der Waals surface area contributed by atoms with Crippen LogP contribution in [0.3, 0.4) is 0 Å². The summed E-state index contributed by atoms with van der Waals surface area (Å²) in [7, 11) is 0. The van der Waals surface area contributed by atoms with Crippen LogP contribution in [0.25, 0.3) is 22.2 Å². The number of hydrogen-bond donors (Lipinski definition) is 0. The molecule has 4 nitrogen and oxygen atoms in total. The molecule has 0 saturated carbocycles. The van der Waals surface area contributed by atoms with Crippen LogP contribution in [0.2, 0.25) is 10.0 Å². The van der Waals surface area contributed by atoms with Crippen molar-refractivity contribution in [2.24, 2.45) is 0 Å². The average Bonchev–Trinajstić information content (AvgIpc) is 2.69. The molecular weight excluding hydrogens is 381 g/mol. The van der Waals surface area contributed by atoms with Crippen LogP contribution in [0.5, 0.6) is 0 Å². The van der Waals surface area contributed by atoms with Gasteiger partial charge in [0, 0.05) is 40.5 Å². The highest BCUT2D eigenvalue weighted by molar-refractivity contribution is 6.34. The van der Waals surface area contributed by atoms with E-state index in [-0.39, 0.29) is 0 Å². The molecule has 0 amide bonds. The summed E-state index contributed by atoms with van der Waals surface area (Å²) in [4.78, 5) is 12.0. The van der Waals surface area contributed by atoms with Crippen LogP contribution in [-0.4, -0.2) is 47.7 Å². The summed E-state index contributed by atoms with van der Waals surface area (Å²) in [5.41, 5.74) is 2.64. The third-order valence-electron chi connectivity index (χ3n) is 4.81. The van der Waals surface area contributed by atoms with Gasteiger partial charge in [-0.1, -0.05) is 41.4 Å². The summed E-state index contributed by atoms with van der Waals surface area (Å²) >= 11 is 12.7. The van der Waals surface area contributed by atoms with Crippen molar-refractivity contribution in [1.29, 1.82) is 0 Å². The van der Waals surface area contributed by atoms with E-state index in [0.717, 1.165) is 73.7 Å². The molecule has 1 aliphatic heterocycles. The first-order valence-corrected chi connectivity index (χ1v) is 9.97.